The molecule has 1 aromatic rings. The average molecular weight is 238 g/mol. The highest BCUT2D eigenvalue weighted by Crippen LogP contribution is 2.29. The van der Waals surface area contributed by atoms with Gasteiger partial charge in [0.1, 0.15) is 5.75 Å². The second-order valence-electron chi connectivity index (χ2n) is 4.34. The summed E-state index contributed by atoms with van der Waals surface area (Å²) in [6.45, 7) is 6.94. The van der Waals surface area contributed by atoms with Gasteiger partial charge in [-0.15, -0.1) is 0 Å². The number of benzene rings is 1. The molecule has 0 spiro atoms. The summed E-state index contributed by atoms with van der Waals surface area (Å²) in [6, 6.07) is 5.60. The van der Waals surface area contributed by atoms with E-state index in [1.54, 1.807) is 0 Å². The van der Waals surface area contributed by atoms with Crippen molar-refractivity contribution < 1.29 is 9.84 Å². The van der Waals surface area contributed by atoms with Crippen molar-refractivity contribution in [2.45, 2.75) is 26.9 Å². The maximum absolute atomic E-state index is 9.72. The normalized spacial score (nSPS) is 12.5. The van der Waals surface area contributed by atoms with Gasteiger partial charge < -0.3 is 20.9 Å². The van der Waals surface area contributed by atoms with Crippen LogP contribution in [0.4, 0.5) is 11.4 Å². The van der Waals surface area contributed by atoms with E-state index in [0.29, 0.717) is 24.6 Å². The molecule has 1 atom stereocenters. The van der Waals surface area contributed by atoms with Crippen molar-refractivity contribution in [3.63, 3.8) is 0 Å². The van der Waals surface area contributed by atoms with Gasteiger partial charge in [0.2, 0.25) is 0 Å². The van der Waals surface area contributed by atoms with Crippen molar-refractivity contribution in [1.82, 2.24) is 0 Å². The average Bonchev–Trinajstić information content (AvgIpc) is 2.30. The predicted octanol–water partition coefficient (Wildman–Crippen LogP) is 2.10. The lowest BCUT2D eigenvalue weighted by molar-refractivity contribution is 0.138. The zero-order chi connectivity index (χ0) is 12.8. The van der Waals surface area contributed by atoms with Gasteiger partial charge in [0.15, 0.2) is 0 Å². The summed E-state index contributed by atoms with van der Waals surface area (Å²) in [5.41, 5.74) is 7.35. The fraction of sp³-hybridized carbons (Fsp3) is 0.538. The van der Waals surface area contributed by atoms with Crippen molar-refractivity contribution in [2.24, 2.45) is 5.92 Å². The molecule has 0 aromatic heterocycles. The van der Waals surface area contributed by atoms with Crippen LogP contribution in [0.15, 0.2) is 18.2 Å². The molecule has 0 saturated carbocycles. The van der Waals surface area contributed by atoms with E-state index in [4.69, 9.17) is 10.5 Å². The van der Waals surface area contributed by atoms with E-state index in [1.807, 2.05) is 39.0 Å². The Kier molecular flexibility index (Phi) is 5.10. The van der Waals surface area contributed by atoms with Crippen LogP contribution in [0.3, 0.4) is 0 Å². The lowest BCUT2D eigenvalue weighted by Gasteiger charge is -2.18. The first-order chi connectivity index (χ1) is 8.06. The van der Waals surface area contributed by atoms with Gasteiger partial charge in [0, 0.05) is 6.54 Å². The van der Waals surface area contributed by atoms with Crippen LogP contribution in [0, 0.1) is 5.92 Å². The van der Waals surface area contributed by atoms with Crippen molar-refractivity contribution in [3.05, 3.63) is 18.2 Å². The van der Waals surface area contributed by atoms with Crippen molar-refractivity contribution in [3.8, 4) is 5.75 Å². The maximum atomic E-state index is 9.72. The molecule has 0 fully saturated rings. The number of nitrogens with two attached hydrogens (primary N) is 1. The lowest BCUT2D eigenvalue weighted by atomic mass is 10.1. The summed E-state index contributed by atoms with van der Waals surface area (Å²) in [6.07, 6.45) is -0.384. The summed E-state index contributed by atoms with van der Waals surface area (Å²) in [7, 11) is 0. The number of anilines is 2. The first-order valence-corrected chi connectivity index (χ1v) is 5.99. The number of para-hydroxylation sites is 1. The highest BCUT2D eigenvalue weighted by atomic mass is 16.5. The summed E-state index contributed by atoms with van der Waals surface area (Å²) in [5, 5.41) is 12.9. The molecule has 4 nitrogen and oxygen atoms in total. The lowest BCUT2D eigenvalue weighted by Crippen LogP contribution is -2.25. The second-order valence-corrected chi connectivity index (χ2v) is 4.34. The summed E-state index contributed by atoms with van der Waals surface area (Å²) in [4.78, 5) is 0. The van der Waals surface area contributed by atoms with Crippen LogP contribution in [-0.2, 0) is 0 Å². The number of aliphatic hydroxyl groups is 1. The van der Waals surface area contributed by atoms with Crippen molar-refractivity contribution >= 4 is 11.4 Å². The molecular weight excluding hydrogens is 216 g/mol. The smallest absolute Gasteiger partial charge is 0.144 e. The highest BCUT2D eigenvalue weighted by molar-refractivity contribution is 5.72. The van der Waals surface area contributed by atoms with E-state index in [9.17, 15) is 5.11 Å². The van der Waals surface area contributed by atoms with Gasteiger partial charge in [-0.25, -0.2) is 0 Å². The van der Waals surface area contributed by atoms with Gasteiger partial charge in [-0.3, -0.25) is 0 Å². The number of hydrogen-bond donors (Lipinski definition) is 3. The Bertz CT molecular complexity index is 353. The molecule has 96 valence electrons. The third kappa shape index (κ3) is 3.82. The highest BCUT2D eigenvalue weighted by Gasteiger charge is 2.10. The topological polar surface area (TPSA) is 67.5 Å². The molecule has 4 heteroatoms. The standard InChI is InChI=1S/C13H22N2O2/c1-4-17-12-7-5-6-10(13(12)14)15-8-11(16)9(2)3/h5-7,9,11,15-16H,4,8,14H2,1-3H3. The molecule has 1 rings (SSSR count). The number of hydrogen-bond acceptors (Lipinski definition) is 4. The molecule has 1 aromatic carbocycles. The first-order valence-electron chi connectivity index (χ1n) is 5.99. The van der Waals surface area contributed by atoms with E-state index >= 15 is 0 Å². The van der Waals surface area contributed by atoms with E-state index in [2.05, 4.69) is 5.32 Å². The molecule has 0 bridgehead atoms. The Labute approximate surface area is 103 Å². The van der Waals surface area contributed by atoms with Gasteiger partial charge in [-0.1, -0.05) is 19.9 Å². The van der Waals surface area contributed by atoms with Gasteiger partial charge in [0.05, 0.1) is 24.1 Å². The quantitative estimate of drug-likeness (QED) is 0.664. The fourth-order valence-electron chi connectivity index (χ4n) is 1.43. The first kappa shape index (κ1) is 13.6. The maximum Gasteiger partial charge on any atom is 0.144 e. The van der Waals surface area contributed by atoms with Crippen LogP contribution in [-0.4, -0.2) is 24.4 Å². The zero-order valence-electron chi connectivity index (χ0n) is 10.7. The summed E-state index contributed by atoms with van der Waals surface area (Å²) < 4.78 is 5.40. The third-order valence-corrected chi connectivity index (χ3v) is 2.64. The molecule has 17 heavy (non-hydrogen) atoms. The molecule has 4 N–H and O–H groups in total. The molecule has 0 aliphatic rings. The third-order valence-electron chi connectivity index (χ3n) is 2.64. The van der Waals surface area contributed by atoms with Crippen molar-refractivity contribution in [1.29, 1.82) is 0 Å². The molecule has 0 heterocycles. The van der Waals surface area contributed by atoms with Crippen LogP contribution in [0.5, 0.6) is 5.75 Å². The largest absolute Gasteiger partial charge is 0.492 e. The molecule has 0 saturated heterocycles. The van der Waals surface area contributed by atoms with E-state index in [-0.39, 0.29) is 12.0 Å². The van der Waals surface area contributed by atoms with E-state index < -0.39 is 0 Å². The monoisotopic (exact) mass is 238 g/mol. The van der Waals surface area contributed by atoms with E-state index in [1.165, 1.54) is 0 Å². The van der Waals surface area contributed by atoms with Crippen molar-refractivity contribution in [2.75, 3.05) is 24.2 Å². The SMILES string of the molecule is CCOc1cccc(NCC(O)C(C)C)c1N. The Morgan fingerprint density at radius 3 is 2.71 bits per heavy atom. The number of rotatable bonds is 6. The minimum absolute atomic E-state index is 0.221. The summed E-state index contributed by atoms with van der Waals surface area (Å²) >= 11 is 0. The molecule has 0 radical (unpaired) electrons. The van der Waals surface area contributed by atoms with Crippen LogP contribution in [0.1, 0.15) is 20.8 Å². The second kappa shape index (κ2) is 6.35. The Hall–Kier alpha value is -1.42. The number of nitrogen functional groups attached to an aromatic ring is 1. The van der Waals surface area contributed by atoms with E-state index in [0.717, 1.165) is 5.69 Å². The van der Waals surface area contributed by atoms with Gasteiger partial charge in [-0.2, -0.15) is 0 Å². The Balaban J connectivity index is 2.68. The number of aliphatic hydroxyl groups excluding tert-OH is 1. The van der Waals surface area contributed by atoms with Gasteiger partial charge in [0.25, 0.3) is 0 Å². The molecule has 0 aliphatic carbocycles. The molecule has 0 aliphatic heterocycles. The van der Waals surface area contributed by atoms with Crippen LogP contribution in [0.25, 0.3) is 0 Å². The zero-order valence-corrected chi connectivity index (χ0v) is 10.7. The Morgan fingerprint density at radius 2 is 2.12 bits per heavy atom. The molecular formula is C13H22N2O2. The van der Waals surface area contributed by atoms with Crippen LogP contribution < -0.4 is 15.8 Å². The minimum atomic E-state index is -0.384. The van der Waals surface area contributed by atoms with Crippen LogP contribution in [0.2, 0.25) is 0 Å². The van der Waals surface area contributed by atoms with Gasteiger partial charge >= 0.3 is 0 Å². The number of ether oxygens (including phenoxy) is 1. The summed E-state index contributed by atoms with van der Waals surface area (Å²) in [5.74, 6) is 0.898. The Morgan fingerprint density at radius 1 is 1.41 bits per heavy atom. The number of nitrogens with one attached hydrogen (secondary N) is 1. The van der Waals surface area contributed by atoms with Gasteiger partial charge in [-0.05, 0) is 25.0 Å². The fourth-order valence-corrected chi connectivity index (χ4v) is 1.43. The minimum Gasteiger partial charge on any atom is -0.492 e. The predicted molar refractivity (Wildman–Crippen MR) is 71.4 cm³/mol. The van der Waals surface area contributed by atoms with Crippen LogP contribution >= 0.6 is 0 Å². The molecule has 1 unspecified atom stereocenters. The molecule has 0 amide bonds.